The van der Waals surface area contributed by atoms with Crippen molar-refractivity contribution in [2.75, 3.05) is 25.0 Å². The summed E-state index contributed by atoms with van der Waals surface area (Å²) in [5, 5.41) is 5.96. The summed E-state index contributed by atoms with van der Waals surface area (Å²) < 4.78 is 0. The van der Waals surface area contributed by atoms with Crippen LogP contribution in [0.2, 0.25) is 0 Å². The van der Waals surface area contributed by atoms with Crippen LogP contribution in [-0.4, -0.2) is 42.4 Å². The second kappa shape index (κ2) is 4.66. The molecule has 0 spiro atoms. The third-order valence-corrected chi connectivity index (χ3v) is 3.78. The van der Waals surface area contributed by atoms with Crippen molar-refractivity contribution in [3.05, 3.63) is 29.3 Å². The molecule has 3 rings (SSSR count). The lowest BCUT2D eigenvalue weighted by molar-refractivity contribution is -0.115. The molecule has 1 saturated heterocycles. The largest absolute Gasteiger partial charge is 0.333 e. The number of nitrogens with one attached hydrogen (secondary N) is 2. The van der Waals surface area contributed by atoms with Crippen LogP contribution < -0.4 is 10.6 Å². The molecule has 100 valence electrons. The van der Waals surface area contributed by atoms with Gasteiger partial charge in [0.1, 0.15) is 0 Å². The molecule has 0 bridgehead atoms. The van der Waals surface area contributed by atoms with Gasteiger partial charge in [-0.15, -0.1) is 0 Å². The van der Waals surface area contributed by atoms with Crippen molar-refractivity contribution in [2.45, 2.75) is 19.4 Å². The number of carbonyl (C=O) groups excluding carboxylic acids is 2. The summed E-state index contributed by atoms with van der Waals surface area (Å²) in [5.74, 6) is 0.0353. The highest BCUT2D eigenvalue weighted by Crippen LogP contribution is 2.25. The monoisotopic (exact) mass is 259 g/mol. The molecular formula is C14H17N3O2. The third-order valence-electron chi connectivity index (χ3n) is 3.78. The lowest BCUT2D eigenvalue weighted by atomic mass is 10.1. The molecule has 0 aliphatic carbocycles. The van der Waals surface area contributed by atoms with Crippen LogP contribution in [0.4, 0.5) is 5.69 Å². The van der Waals surface area contributed by atoms with Gasteiger partial charge in [-0.05, 0) is 24.6 Å². The molecule has 2 N–H and O–H groups in total. The van der Waals surface area contributed by atoms with Crippen LogP contribution in [0.15, 0.2) is 18.2 Å². The van der Waals surface area contributed by atoms with Gasteiger partial charge in [-0.3, -0.25) is 9.59 Å². The van der Waals surface area contributed by atoms with E-state index in [1.165, 1.54) is 0 Å². The maximum Gasteiger partial charge on any atom is 0.254 e. The van der Waals surface area contributed by atoms with Crippen LogP contribution in [0.25, 0.3) is 0 Å². The van der Waals surface area contributed by atoms with E-state index < -0.39 is 0 Å². The van der Waals surface area contributed by atoms with Gasteiger partial charge >= 0.3 is 0 Å². The first kappa shape index (κ1) is 12.2. The van der Waals surface area contributed by atoms with Gasteiger partial charge in [0, 0.05) is 30.9 Å². The first-order valence-corrected chi connectivity index (χ1v) is 6.63. The molecular weight excluding hydrogens is 242 g/mol. The van der Waals surface area contributed by atoms with Crippen molar-refractivity contribution in [1.82, 2.24) is 10.2 Å². The fourth-order valence-corrected chi connectivity index (χ4v) is 2.57. The molecule has 2 amide bonds. The molecule has 2 aliphatic rings. The molecule has 0 aromatic heterocycles. The maximum absolute atomic E-state index is 12.5. The summed E-state index contributed by atoms with van der Waals surface area (Å²) in [6, 6.07) is 5.77. The van der Waals surface area contributed by atoms with E-state index in [0.717, 1.165) is 24.3 Å². The number of anilines is 1. The van der Waals surface area contributed by atoms with E-state index >= 15 is 0 Å². The van der Waals surface area contributed by atoms with Crippen molar-refractivity contribution >= 4 is 17.5 Å². The van der Waals surface area contributed by atoms with Crippen LogP contribution in [0.5, 0.6) is 0 Å². The Morgan fingerprint density at radius 2 is 2.21 bits per heavy atom. The Kier molecular flexibility index (Phi) is 2.98. The normalized spacial score (nSPS) is 17.6. The van der Waals surface area contributed by atoms with Gasteiger partial charge in [-0.1, -0.05) is 6.07 Å². The van der Waals surface area contributed by atoms with Crippen molar-refractivity contribution in [3.63, 3.8) is 0 Å². The van der Waals surface area contributed by atoms with Crippen molar-refractivity contribution in [3.8, 4) is 0 Å². The van der Waals surface area contributed by atoms with Crippen LogP contribution in [-0.2, 0) is 11.2 Å². The Hall–Kier alpha value is -1.88. The first-order chi connectivity index (χ1) is 9.19. The molecule has 19 heavy (non-hydrogen) atoms. The molecule has 2 heterocycles. The first-order valence-electron chi connectivity index (χ1n) is 6.63. The minimum atomic E-state index is -0.00450. The van der Waals surface area contributed by atoms with Gasteiger partial charge < -0.3 is 15.5 Å². The number of amides is 2. The van der Waals surface area contributed by atoms with Gasteiger partial charge in [0.05, 0.1) is 12.5 Å². The number of hydrogen-bond donors (Lipinski definition) is 2. The number of fused-ring (bicyclic) bond motifs is 1. The number of carbonyl (C=O) groups is 2. The number of rotatable bonds is 3. The van der Waals surface area contributed by atoms with Crippen molar-refractivity contribution in [2.24, 2.45) is 0 Å². The molecule has 0 radical (unpaired) electrons. The standard InChI is InChI=1S/C14H17N3O2/c1-2-17(11-7-15-8-11)14(19)10-4-3-9-6-13(18)16-12(9)5-10/h3-5,11,15H,2,6-8H2,1H3,(H,16,18). The van der Waals surface area contributed by atoms with Gasteiger partial charge in [0.25, 0.3) is 5.91 Å². The van der Waals surface area contributed by atoms with E-state index in [1.54, 1.807) is 6.07 Å². The summed E-state index contributed by atoms with van der Waals surface area (Å²) in [5.41, 5.74) is 2.39. The summed E-state index contributed by atoms with van der Waals surface area (Å²) in [6.07, 6.45) is 0.411. The predicted molar refractivity (Wildman–Crippen MR) is 72.1 cm³/mol. The summed E-state index contributed by atoms with van der Waals surface area (Å²) in [6.45, 7) is 4.42. The number of nitrogens with zero attached hydrogens (tertiary/aromatic N) is 1. The molecule has 2 aliphatic heterocycles. The molecule has 1 aromatic carbocycles. The zero-order chi connectivity index (χ0) is 13.4. The van der Waals surface area contributed by atoms with E-state index in [9.17, 15) is 9.59 Å². The fraction of sp³-hybridized carbons (Fsp3) is 0.429. The second-order valence-electron chi connectivity index (χ2n) is 5.00. The predicted octanol–water partition coefficient (Wildman–Crippen LogP) is 0.615. The van der Waals surface area contributed by atoms with Gasteiger partial charge in [-0.2, -0.15) is 0 Å². The van der Waals surface area contributed by atoms with E-state index in [2.05, 4.69) is 10.6 Å². The quantitative estimate of drug-likeness (QED) is 0.836. The lowest BCUT2D eigenvalue weighted by Crippen LogP contribution is -2.58. The maximum atomic E-state index is 12.5. The van der Waals surface area contributed by atoms with Gasteiger partial charge in [0.15, 0.2) is 0 Å². The number of hydrogen-bond acceptors (Lipinski definition) is 3. The van der Waals surface area contributed by atoms with Crippen molar-refractivity contribution < 1.29 is 9.59 Å². The minimum Gasteiger partial charge on any atom is -0.333 e. The van der Waals surface area contributed by atoms with E-state index in [1.807, 2.05) is 24.0 Å². The van der Waals surface area contributed by atoms with Crippen LogP contribution in [0.3, 0.4) is 0 Å². The van der Waals surface area contributed by atoms with Crippen LogP contribution >= 0.6 is 0 Å². The highest BCUT2D eigenvalue weighted by Gasteiger charge is 2.28. The molecule has 0 atom stereocenters. The fourth-order valence-electron chi connectivity index (χ4n) is 2.57. The zero-order valence-corrected chi connectivity index (χ0v) is 10.9. The average Bonchev–Trinajstić information content (AvgIpc) is 2.71. The van der Waals surface area contributed by atoms with Gasteiger partial charge in [0.2, 0.25) is 5.91 Å². The summed E-state index contributed by atoms with van der Waals surface area (Å²) in [4.78, 5) is 25.7. The Morgan fingerprint density at radius 3 is 2.84 bits per heavy atom. The second-order valence-corrected chi connectivity index (χ2v) is 5.00. The lowest BCUT2D eigenvalue weighted by Gasteiger charge is -2.37. The van der Waals surface area contributed by atoms with E-state index in [4.69, 9.17) is 0 Å². The number of benzene rings is 1. The molecule has 1 aromatic rings. The Balaban J connectivity index is 1.83. The SMILES string of the molecule is CCN(C(=O)c1ccc2c(c1)NC(=O)C2)C1CNC1. The van der Waals surface area contributed by atoms with E-state index in [-0.39, 0.29) is 11.8 Å². The molecule has 0 unspecified atom stereocenters. The van der Waals surface area contributed by atoms with Crippen LogP contribution in [0.1, 0.15) is 22.8 Å². The van der Waals surface area contributed by atoms with Crippen molar-refractivity contribution in [1.29, 1.82) is 0 Å². The Bertz CT molecular complexity index is 537. The van der Waals surface area contributed by atoms with Crippen LogP contribution in [0, 0.1) is 0 Å². The Labute approximate surface area is 112 Å². The highest BCUT2D eigenvalue weighted by atomic mass is 16.2. The molecule has 0 saturated carbocycles. The third kappa shape index (κ3) is 2.10. The zero-order valence-electron chi connectivity index (χ0n) is 10.9. The minimum absolute atomic E-state index is 0.00450. The molecule has 5 heteroatoms. The average molecular weight is 259 g/mol. The Morgan fingerprint density at radius 1 is 1.42 bits per heavy atom. The van der Waals surface area contributed by atoms with Gasteiger partial charge in [-0.25, -0.2) is 0 Å². The molecule has 5 nitrogen and oxygen atoms in total. The smallest absolute Gasteiger partial charge is 0.254 e. The number of likely N-dealkylation sites (N-methyl/N-ethyl adjacent to an activating group) is 1. The summed E-state index contributed by atoms with van der Waals surface area (Å²) >= 11 is 0. The topological polar surface area (TPSA) is 61.4 Å². The summed E-state index contributed by atoms with van der Waals surface area (Å²) in [7, 11) is 0. The highest BCUT2D eigenvalue weighted by molar-refractivity contribution is 6.02. The van der Waals surface area contributed by atoms with E-state index in [0.29, 0.717) is 24.6 Å². The molecule has 1 fully saturated rings.